The smallest absolute Gasteiger partial charge is 0.231 e. The molecule has 0 radical (unpaired) electrons. The molecular weight excluding hydrogens is 434 g/mol. The third-order valence-electron chi connectivity index (χ3n) is 5.29. The van der Waals surface area contributed by atoms with Crippen molar-refractivity contribution >= 4 is 45.2 Å². The van der Waals surface area contributed by atoms with E-state index in [-0.39, 0.29) is 5.88 Å². The summed E-state index contributed by atoms with van der Waals surface area (Å²) in [7, 11) is 3.26. The molecule has 3 aromatic carbocycles. The number of aromatic hydroxyl groups is 1. The Bertz CT molecular complexity index is 1380. The third-order valence-corrected chi connectivity index (χ3v) is 6.19. The number of ether oxygens (including phenoxy) is 2. The molecule has 4 aromatic rings. The molecule has 0 fully saturated rings. The van der Waals surface area contributed by atoms with Crippen molar-refractivity contribution < 1.29 is 14.6 Å². The van der Waals surface area contributed by atoms with Gasteiger partial charge in [-0.1, -0.05) is 53.8 Å². The van der Waals surface area contributed by atoms with Crippen LogP contribution >= 0.6 is 11.3 Å². The van der Waals surface area contributed by atoms with Gasteiger partial charge in [0, 0.05) is 16.7 Å². The molecule has 2 N–H and O–H groups in total. The molecule has 0 amide bonds. The molecule has 0 aliphatic carbocycles. The number of methoxy groups -OCH3 is 2. The molecule has 5 rings (SSSR count). The maximum Gasteiger partial charge on any atom is 0.231 e. The quantitative estimate of drug-likeness (QED) is 0.358. The largest absolute Gasteiger partial charge is 0.497 e. The lowest BCUT2D eigenvalue weighted by molar-refractivity contribution is 0.415. The summed E-state index contributed by atoms with van der Waals surface area (Å²) in [5.41, 5.74) is 5.31. The predicted octanol–water partition coefficient (Wildman–Crippen LogP) is 6.28. The monoisotopic (exact) mass is 455 g/mol. The molecule has 0 bridgehead atoms. The molecule has 0 unspecified atom stereocenters. The van der Waals surface area contributed by atoms with E-state index in [0.717, 1.165) is 39.5 Å². The highest BCUT2D eigenvalue weighted by Gasteiger charge is 2.24. The molecule has 2 heterocycles. The Hall–Kier alpha value is -4.10. The fraction of sp³-hybridized carbons (Fsp3) is 0.0769. The molecule has 0 atom stereocenters. The summed E-state index contributed by atoms with van der Waals surface area (Å²) in [6.45, 7) is 0. The van der Waals surface area contributed by atoms with Crippen LogP contribution in [0.15, 0.2) is 77.8 Å². The van der Waals surface area contributed by atoms with E-state index in [1.807, 2.05) is 78.9 Å². The minimum atomic E-state index is -0.0475. The highest BCUT2D eigenvalue weighted by atomic mass is 32.1. The van der Waals surface area contributed by atoms with Crippen LogP contribution in [-0.2, 0) is 0 Å². The van der Waals surface area contributed by atoms with Crippen molar-refractivity contribution in [2.75, 3.05) is 19.5 Å². The summed E-state index contributed by atoms with van der Waals surface area (Å²) in [6, 6.07) is 23.4. The van der Waals surface area contributed by atoms with Gasteiger partial charge in [0.1, 0.15) is 11.5 Å². The molecule has 1 aromatic heterocycles. The van der Waals surface area contributed by atoms with E-state index < -0.39 is 0 Å². The lowest BCUT2D eigenvalue weighted by atomic mass is 9.97. The summed E-state index contributed by atoms with van der Waals surface area (Å²) >= 11 is 1.35. The molecule has 0 saturated heterocycles. The van der Waals surface area contributed by atoms with E-state index in [1.54, 1.807) is 14.2 Å². The van der Waals surface area contributed by atoms with Gasteiger partial charge in [0.15, 0.2) is 5.13 Å². The highest BCUT2D eigenvalue weighted by Crippen LogP contribution is 2.42. The van der Waals surface area contributed by atoms with Crippen LogP contribution in [0.1, 0.15) is 16.0 Å². The van der Waals surface area contributed by atoms with Crippen LogP contribution in [0.5, 0.6) is 17.4 Å². The van der Waals surface area contributed by atoms with Crippen molar-refractivity contribution in [3.63, 3.8) is 0 Å². The Morgan fingerprint density at radius 1 is 0.939 bits per heavy atom. The molecule has 7 heteroatoms. The Balaban J connectivity index is 1.56. The number of aliphatic imine (C=N–C) groups is 1. The van der Waals surface area contributed by atoms with Crippen LogP contribution in [0, 0.1) is 0 Å². The lowest BCUT2D eigenvalue weighted by Gasteiger charge is -2.08. The third kappa shape index (κ3) is 4.06. The van der Waals surface area contributed by atoms with E-state index >= 15 is 0 Å². The number of nitrogens with zero attached hydrogens (tertiary/aromatic N) is 2. The van der Waals surface area contributed by atoms with E-state index in [1.165, 1.54) is 11.3 Å². The standard InChI is InChI=1S/C26H21N3O3S/c1-31-17-12-13-20-18(14-17)19(24(27-20)16-8-4-3-5-9-16)15-23-25(30)29-26(33-23)28-21-10-6-7-11-22(21)32-2/h3-15,30H,1-2H3,(H,28,29). The molecule has 0 spiro atoms. The Morgan fingerprint density at radius 3 is 2.52 bits per heavy atom. The number of rotatable bonds is 6. The molecule has 1 aliphatic rings. The summed E-state index contributed by atoms with van der Waals surface area (Å²) in [5, 5.41) is 14.4. The number of allylic oxidation sites excluding steroid dienone is 1. The van der Waals surface area contributed by atoms with E-state index in [4.69, 9.17) is 14.5 Å². The summed E-state index contributed by atoms with van der Waals surface area (Å²) in [6.07, 6.45) is 1.93. The first kappa shape index (κ1) is 20.8. The fourth-order valence-corrected chi connectivity index (χ4v) is 4.51. The van der Waals surface area contributed by atoms with Crippen molar-refractivity contribution in [3.8, 4) is 17.4 Å². The van der Waals surface area contributed by atoms with Gasteiger partial charge in [-0.05, 0) is 36.4 Å². The van der Waals surface area contributed by atoms with Gasteiger partial charge in [-0.3, -0.25) is 0 Å². The normalized spacial score (nSPS) is 13.5. The van der Waals surface area contributed by atoms with Crippen molar-refractivity contribution in [1.82, 2.24) is 4.98 Å². The average Bonchev–Trinajstić information content (AvgIpc) is 3.39. The highest BCUT2D eigenvalue weighted by molar-refractivity contribution is 7.16. The first-order valence-electron chi connectivity index (χ1n) is 10.3. The number of nitrogens with one attached hydrogen (secondary N) is 1. The Morgan fingerprint density at radius 2 is 1.73 bits per heavy atom. The molecule has 6 nitrogen and oxygen atoms in total. The van der Waals surface area contributed by atoms with Crippen molar-refractivity contribution in [3.05, 3.63) is 88.8 Å². The fourth-order valence-electron chi connectivity index (χ4n) is 3.69. The van der Waals surface area contributed by atoms with Crippen LogP contribution in [0.4, 0.5) is 16.5 Å². The van der Waals surface area contributed by atoms with Gasteiger partial charge in [0.25, 0.3) is 0 Å². The van der Waals surface area contributed by atoms with Crippen LogP contribution in [0.25, 0.3) is 11.6 Å². The minimum Gasteiger partial charge on any atom is -0.497 e. The summed E-state index contributed by atoms with van der Waals surface area (Å²) < 4.78 is 10.8. The maximum atomic E-state index is 10.6. The number of benzene rings is 3. The van der Waals surface area contributed by atoms with Gasteiger partial charge in [0.2, 0.25) is 5.88 Å². The van der Waals surface area contributed by atoms with Crippen molar-refractivity contribution in [2.24, 2.45) is 4.99 Å². The zero-order chi connectivity index (χ0) is 22.8. The Kier molecular flexibility index (Phi) is 5.54. The minimum absolute atomic E-state index is 0.0475. The first-order valence-corrected chi connectivity index (χ1v) is 11.1. The Labute approximate surface area is 195 Å². The molecule has 33 heavy (non-hydrogen) atoms. The molecule has 1 aliphatic heterocycles. The second kappa shape index (κ2) is 8.80. The number of para-hydroxylation sites is 2. The van der Waals surface area contributed by atoms with Gasteiger partial charge in [-0.15, -0.1) is 0 Å². The number of thiazole rings is 1. The van der Waals surface area contributed by atoms with Gasteiger partial charge >= 0.3 is 0 Å². The molecular formula is C26H21N3O3S. The average molecular weight is 456 g/mol. The van der Waals surface area contributed by atoms with Crippen LogP contribution in [0.3, 0.4) is 0 Å². The van der Waals surface area contributed by atoms with Crippen LogP contribution < -0.4 is 14.8 Å². The van der Waals surface area contributed by atoms with E-state index in [0.29, 0.717) is 15.8 Å². The topological polar surface area (TPSA) is 76.0 Å². The first-order chi connectivity index (χ1) is 16.2. The van der Waals surface area contributed by atoms with Gasteiger partial charge in [-0.2, -0.15) is 4.98 Å². The number of fused-ring (bicyclic) bond motifs is 1. The second-order valence-electron chi connectivity index (χ2n) is 7.30. The number of aromatic nitrogens is 1. The van der Waals surface area contributed by atoms with E-state index in [9.17, 15) is 5.11 Å². The molecule has 164 valence electrons. The van der Waals surface area contributed by atoms with Gasteiger partial charge < -0.3 is 19.9 Å². The number of anilines is 2. The summed E-state index contributed by atoms with van der Waals surface area (Å²) in [4.78, 5) is 9.80. The zero-order valence-corrected chi connectivity index (χ0v) is 18.9. The van der Waals surface area contributed by atoms with Crippen molar-refractivity contribution in [1.29, 1.82) is 0 Å². The van der Waals surface area contributed by atoms with Gasteiger partial charge in [-0.25, -0.2) is 4.99 Å². The van der Waals surface area contributed by atoms with Gasteiger partial charge in [0.05, 0.1) is 36.2 Å². The van der Waals surface area contributed by atoms with Crippen LogP contribution in [0.2, 0.25) is 0 Å². The number of hydrogen-bond acceptors (Lipinski definition) is 7. The summed E-state index contributed by atoms with van der Waals surface area (Å²) in [5.74, 6) is 1.40. The maximum absolute atomic E-state index is 10.6. The van der Waals surface area contributed by atoms with E-state index in [2.05, 4.69) is 10.3 Å². The SMILES string of the molecule is COc1ccc2c(c1)C(=Cc1sc(Nc3ccccc3OC)nc1O)C(c1ccccc1)=N2. The predicted molar refractivity (Wildman–Crippen MR) is 134 cm³/mol. The zero-order valence-electron chi connectivity index (χ0n) is 18.1. The molecule has 0 saturated carbocycles. The second-order valence-corrected chi connectivity index (χ2v) is 8.33. The van der Waals surface area contributed by atoms with Crippen LogP contribution in [-0.4, -0.2) is 30.0 Å². The number of hydrogen-bond donors (Lipinski definition) is 2. The van der Waals surface area contributed by atoms with Crippen molar-refractivity contribution in [2.45, 2.75) is 0 Å². The lowest BCUT2D eigenvalue weighted by Crippen LogP contribution is -1.99.